The standard InChI is InChI=1S/C17H23N3O5S/c1-11-2-3-14(10-15(11)26(24,25)19-13-4-5-13)18-17(23)20-8-6-12(7-9-20)16(21)22/h2-3,10,12-13,19H,4-9H2,1H3,(H,18,23)(H,21,22). The van der Waals surface area contributed by atoms with Crippen LogP contribution in [0.5, 0.6) is 0 Å². The molecule has 3 N–H and O–H groups in total. The normalized spacial score (nSPS) is 18.6. The number of aryl methyl sites for hydroxylation is 1. The highest BCUT2D eigenvalue weighted by atomic mass is 32.2. The topological polar surface area (TPSA) is 116 Å². The van der Waals surface area contributed by atoms with Crippen molar-refractivity contribution < 1.29 is 23.1 Å². The van der Waals surface area contributed by atoms with Gasteiger partial charge in [0.15, 0.2) is 0 Å². The molecule has 0 atom stereocenters. The number of hydrogen-bond acceptors (Lipinski definition) is 4. The maximum Gasteiger partial charge on any atom is 0.321 e. The number of nitrogens with one attached hydrogen (secondary N) is 2. The van der Waals surface area contributed by atoms with Crippen molar-refractivity contribution in [3.63, 3.8) is 0 Å². The molecule has 142 valence electrons. The van der Waals surface area contributed by atoms with Crippen LogP contribution >= 0.6 is 0 Å². The maximum atomic E-state index is 12.5. The molecule has 2 amide bonds. The molecule has 1 saturated heterocycles. The predicted molar refractivity (Wildman–Crippen MR) is 95.5 cm³/mol. The second-order valence-corrected chi connectivity index (χ2v) is 8.59. The predicted octanol–water partition coefficient (Wildman–Crippen LogP) is 1.76. The van der Waals surface area contributed by atoms with E-state index in [-0.39, 0.29) is 17.0 Å². The van der Waals surface area contributed by atoms with E-state index in [1.807, 2.05) is 0 Å². The summed E-state index contributed by atoms with van der Waals surface area (Å²) in [6, 6.07) is 4.44. The summed E-state index contributed by atoms with van der Waals surface area (Å²) >= 11 is 0. The average molecular weight is 381 g/mol. The lowest BCUT2D eigenvalue weighted by molar-refractivity contribution is -0.143. The van der Waals surface area contributed by atoms with Crippen molar-refractivity contribution in [2.24, 2.45) is 5.92 Å². The van der Waals surface area contributed by atoms with E-state index in [4.69, 9.17) is 5.11 Å². The number of likely N-dealkylation sites (tertiary alicyclic amines) is 1. The van der Waals surface area contributed by atoms with Crippen LogP contribution in [0.4, 0.5) is 10.5 Å². The molecule has 26 heavy (non-hydrogen) atoms. The number of rotatable bonds is 5. The molecule has 1 aliphatic carbocycles. The molecule has 0 aromatic heterocycles. The number of urea groups is 1. The van der Waals surface area contributed by atoms with Gasteiger partial charge in [-0.05, 0) is 50.3 Å². The Morgan fingerprint density at radius 2 is 1.81 bits per heavy atom. The lowest BCUT2D eigenvalue weighted by atomic mass is 9.97. The minimum Gasteiger partial charge on any atom is -0.481 e. The fourth-order valence-corrected chi connectivity index (χ4v) is 4.56. The van der Waals surface area contributed by atoms with Crippen LogP contribution in [-0.2, 0) is 14.8 Å². The highest BCUT2D eigenvalue weighted by molar-refractivity contribution is 7.89. The van der Waals surface area contributed by atoms with Crippen LogP contribution < -0.4 is 10.0 Å². The summed E-state index contributed by atoms with van der Waals surface area (Å²) in [5.74, 6) is -1.25. The third-order valence-electron chi connectivity index (χ3n) is 4.76. The van der Waals surface area contributed by atoms with E-state index >= 15 is 0 Å². The van der Waals surface area contributed by atoms with Gasteiger partial charge in [0.2, 0.25) is 10.0 Å². The second-order valence-electron chi connectivity index (χ2n) is 6.91. The first-order valence-corrected chi connectivity index (χ1v) is 10.2. The molecule has 8 nitrogen and oxygen atoms in total. The maximum absolute atomic E-state index is 12.5. The molecule has 1 aromatic rings. The van der Waals surface area contributed by atoms with Crippen molar-refractivity contribution >= 4 is 27.7 Å². The van der Waals surface area contributed by atoms with Crippen molar-refractivity contribution in [3.05, 3.63) is 23.8 Å². The van der Waals surface area contributed by atoms with Gasteiger partial charge in [0.1, 0.15) is 0 Å². The number of carbonyl (C=O) groups excluding carboxylic acids is 1. The van der Waals surface area contributed by atoms with Gasteiger partial charge in [0, 0.05) is 24.8 Å². The van der Waals surface area contributed by atoms with Gasteiger partial charge in [-0.2, -0.15) is 0 Å². The van der Waals surface area contributed by atoms with Crippen LogP contribution in [0.15, 0.2) is 23.1 Å². The van der Waals surface area contributed by atoms with Crippen molar-refractivity contribution in [1.29, 1.82) is 0 Å². The monoisotopic (exact) mass is 381 g/mol. The largest absolute Gasteiger partial charge is 0.481 e. The summed E-state index contributed by atoms with van der Waals surface area (Å²) < 4.78 is 27.5. The molecule has 3 rings (SSSR count). The number of sulfonamides is 1. The number of carbonyl (C=O) groups is 2. The van der Waals surface area contributed by atoms with Crippen molar-refractivity contribution in [2.75, 3.05) is 18.4 Å². The molecule has 1 heterocycles. The zero-order valence-corrected chi connectivity index (χ0v) is 15.4. The number of aliphatic carboxylic acids is 1. The summed E-state index contributed by atoms with van der Waals surface area (Å²) in [6.07, 6.45) is 2.53. The number of hydrogen-bond donors (Lipinski definition) is 3. The fourth-order valence-electron chi connectivity index (χ4n) is 2.98. The van der Waals surface area contributed by atoms with Crippen molar-refractivity contribution in [1.82, 2.24) is 9.62 Å². The fraction of sp³-hybridized carbons (Fsp3) is 0.529. The Morgan fingerprint density at radius 1 is 1.15 bits per heavy atom. The van der Waals surface area contributed by atoms with E-state index in [1.165, 1.54) is 6.07 Å². The van der Waals surface area contributed by atoms with Gasteiger partial charge >= 0.3 is 12.0 Å². The zero-order chi connectivity index (χ0) is 18.9. The van der Waals surface area contributed by atoms with Crippen LogP contribution in [0.3, 0.4) is 0 Å². The van der Waals surface area contributed by atoms with Gasteiger partial charge in [-0.25, -0.2) is 17.9 Å². The number of benzene rings is 1. The Bertz CT molecular complexity index is 812. The summed E-state index contributed by atoms with van der Waals surface area (Å²) in [5.41, 5.74) is 1.01. The highest BCUT2D eigenvalue weighted by Gasteiger charge is 2.30. The van der Waals surface area contributed by atoms with Gasteiger partial charge < -0.3 is 15.3 Å². The summed E-state index contributed by atoms with van der Waals surface area (Å²) in [5, 5.41) is 11.7. The number of anilines is 1. The van der Waals surface area contributed by atoms with Crippen LogP contribution in [-0.4, -0.2) is 49.6 Å². The SMILES string of the molecule is Cc1ccc(NC(=O)N2CCC(C(=O)O)CC2)cc1S(=O)(=O)NC1CC1. The average Bonchev–Trinajstić information content (AvgIpc) is 3.39. The molecule has 9 heteroatoms. The first kappa shape index (κ1) is 18.7. The van der Waals surface area contributed by atoms with Gasteiger partial charge in [0.25, 0.3) is 0 Å². The molecular formula is C17H23N3O5S. The van der Waals surface area contributed by atoms with Gasteiger partial charge in [0.05, 0.1) is 10.8 Å². The minimum atomic E-state index is -3.61. The van der Waals surface area contributed by atoms with E-state index < -0.39 is 21.9 Å². The lowest BCUT2D eigenvalue weighted by Crippen LogP contribution is -2.42. The van der Waals surface area contributed by atoms with E-state index in [1.54, 1.807) is 24.0 Å². The Hall–Kier alpha value is -2.13. The molecule has 1 aliphatic heterocycles. The minimum absolute atomic E-state index is 0.00757. The van der Waals surface area contributed by atoms with Gasteiger partial charge in [-0.15, -0.1) is 0 Å². The smallest absolute Gasteiger partial charge is 0.321 e. The van der Waals surface area contributed by atoms with Gasteiger partial charge in [-0.1, -0.05) is 6.07 Å². The highest BCUT2D eigenvalue weighted by Crippen LogP contribution is 2.26. The van der Waals surface area contributed by atoms with Crippen LogP contribution in [0.1, 0.15) is 31.2 Å². The molecule has 1 aromatic carbocycles. The molecule has 1 saturated carbocycles. The molecular weight excluding hydrogens is 358 g/mol. The first-order valence-electron chi connectivity index (χ1n) is 8.68. The molecule has 0 bridgehead atoms. The van der Waals surface area contributed by atoms with E-state index in [0.717, 1.165) is 12.8 Å². The van der Waals surface area contributed by atoms with Gasteiger partial charge in [-0.3, -0.25) is 4.79 Å². The molecule has 0 spiro atoms. The third kappa shape index (κ3) is 4.34. The number of amides is 2. The lowest BCUT2D eigenvalue weighted by Gasteiger charge is -2.30. The Labute approximate surface area is 152 Å². The zero-order valence-electron chi connectivity index (χ0n) is 14.6. The third-order valence-corrected chi connectivity index (χ3v) is 6.42. The summed E-state index contributed by atoms with van der Waals surface area (Å²) in [6.45, 7) is 2.44. The van der Waals surface area contributed by atoms with E-state index in [9.17, 15) is 18.0 Å². The molecule has 0 unspecified atom stereocenters. The Kier molecular flexibility index (Phi) is 5.19. The number of piperidine rings is 1. The van der Waals surface area contributed by atoms with Crippen molar-refractivity contribution in [2.45, 2.75) is 43.5 Å². The van der Waals surface area contributed by atoms with Crippen LogP contribution in [0.2, 0.25) is 0 Å². The molecule has 0 radical (unpaired) electrons. The number of carboxylic acid groups (broad SMARTS) is 1. The summed E-state index contributed by atoms with van der Waals surface area (Å²) in [7, 11) is -3.61. The summed E-state index contributed by atoms with van der Waals surface area (Å²) in [4.78, 5) is 25.1. The van der Waals surface area contributed by atoms with Crippen molar-refractivity contribution in [3.8, 4) is 0 Å². The van der Waals surface area contributed by atoms with E-state index in [2.05, 4.69) is 10.0 Å². The Morgan fingerprint density at radius 3 is 2.38 bits per heavy atom. The molecule has 2 fully saturated rings. The van der Waals surface area contributed by atoms with Crippen LogP contribution in [0, 0.1) is 12.8 Å². The van der Waals surface area contributed by atoms with E-state index in [0.29, 0.717) is 37.2 Å². The van der Waals surface area contributed by atoms with Crippen LogP contribution in [0.25, 0.3) is 0 Å². The Balaban J connectivity index is 1.67. The molecule has 2 aliphatic rings. The number of carboxylic acids is 1. The quantitative estimate of drug-likeness (QED) is 0.719. The number of nitrogens with zero attached hydrogens (tertiary/aromatic N) is 1. The first-order chi connectivity index (χ1) is 12.3. The second kappa shape index (κ2) is 7.24.